The van der Waals surface area contributed by atoms with Gasteiger partial charge in [0.05, 0.1) is 19.6 Å². The highest BCUT2D eigenvalue weighted by molar-refractivity contribution is 5.34. The molecule has 1 heterocycles. The first-order valence-corrected chi connectivity index (χ1v) is 5.80. The van der Waals surface area contributed by atoms with Gasteiger partial charge in [-0.2, -0.15) is 4.98 Å². The van der Waals surface area contributed by atoms with Crippen molar-refractivity contribution in [3.63, 3.8) is 0 Å². The van der Waals surface area contributed by atoms with Crippen LogP contribution in [0.15, 0.2) is 28.8 Å². The van der Waals surface area contributed by atoms with Crippen LogP contribution in [0, 0.1) is 0 Å². The second-order valence-corrected chi connectivity index (χ2v) is 4.15. The summed E-state index contributed by atoms with van der Waals surface area (Å²) in [5.41, 5.74) is 0.993. The lowest BCUT2D eigenvalue weighted by atomic mass is 10.1. The third kappa shape index (κ3) is 3.07. The molecule has 0 bridgehead atoms. The normalized spacial score (nSPS) is 12.4. The van der Waals surface area contributed by atoms with Gasteiger partial charge in [-0.05, 0) is 13.0 Å². The number of hydrogen-bond acceptors (Lipinski definition) is 5. The number of aliphatic hydroxyl groups excluding tert-OH is 1. The zero-order valence-corrected chi connectivity index (χ0v) is 10.5. The average Bonchev–Trinajstić information content (AvgIpc) is 2.76. The highest BCUT2D eigenvalue weighted by atomic mass is 16.5. The predicted molar refractivity (Wildman–Crippen MR) is 65.5 cm³/mol. The molecule has 0 saturated heterocycles. The lowest BCUT2D eigenvalue weighted by Gasteiger charge is -2.04. The van der Waals surface area contributed by atoms with E-state index >= 15 is 0 Å². The van der Waals surface area contributed by atoms with Crippen molar-refractivity contribution in [2.24, 2.45) is 0 Å². The van der Waals surface area contributed by atoms with Crippen molar-refractivity contribution < 1.29 is 14.4 Å². The quantitative estimate of drug-likeness (QED) is 0.870. The molecule has 0 fully saturated rings. The molecule has 1 aromatic carbocycles. The maximum atomic E-state index is 9.25. The van der Waals surface area contributed by atoms with Crippen molar-refractivity contribution in [1.82, 2.24) is 10.1 Å². The van der Waals surface area contributed by atoms with Crippen LogP contribution in [0.3, 0.4) is 0 Å². The minimum Gasteiger partial charge on any atom is -0.496 e. The molecule has 0 aliphatic carbocycles. The summed E-state index contributed by atoms with van der Waals surface area (Å²) in [6, 6.07) is 7.69. The van der Waals surface area contributed by atoms with Gasteiger partial charge in [-0.25, -0.2) is 0 Å². The highest BCUT2D eigenvalue weighted by Crippen LogP contribution is 2.20. The lowest BCUT2D eigenvalue weighted by Crippen LogP contribution is -2.05. The van der Waals surface area contributed by atoms with Gasteiger partial charge in [-0.1, -0.05) is 23.4 Å². The maximum Gasteiger partial charge on any atom is 0.231 e. The van der Waals surface area contributed by atoms with Crippen molar-refractivity contribution in [3.8, 4) is 5.75 Å². The third-order valence-electron chi connectivity index (χ3n) is 2.52. The molecule has 1 N–H and O–H groups in total. The van der Waals surface area contributed by atoms with E-state index in [0.29, 0.717) is 24.6 Å². The van der Waals surface area contributed by atoms with Crippen LogP contribution in [0.5, 0.6) is 5.75 Å². The second kappa shape index (κ2) is 5.64. The first kappa shape index (κ1) is 12.6. The fraction of sp³-hybridized carbons (Fsp3) is 0.385. The summed E-state index contributed by atoms with van der Waals surface area (Å²) >= 11 is 0. The van der Waals surface area contributed by atoms with Crippen LogP contribution in [-0.2, 0) is 12.8 Å². The number of methoxy groups -OCH3 is 1. The number of para-hydroxylation sites is 1. The molecule has 96 valence electrons. The molecule has 0 aliphatic heterocycles. The first-order chi connectivity index (χ1) is 8.69. The van der Waals surface area contributed by atoms with E-state index in [2.05, 4.69) is 10.1 Å². The molecule has 0 amide bonds. The fourth-order valence-electron chi connectivity index (χ4n) is 1.72. The Morgan fingerprint density at radius 3 is 2.89 bits per heavy atom. The van der Waals surface area contributed by atoms with Crippen LogP contribution in [0.25, 0.3) is 0 Å². The monoisotopic (exact) mass is 248 g/mol. The highest BCUT2D eigenvalue weighted by Gasteiger charge is 2.11. The molecule has 1 unspecified atom stereocenters. The maximum absolute atomic E-state index is 9.25. The van der Waals surface area contributed by atoms with Gasteiger partial charge in [0.1, 0.15) is 5.75 Å². The van der Waals surface area contributed by atoms with Gasteiger partial charge >= 0.3 is 0 Å². The van der Waals surface area contributed by atoms with Crippen LogP contribution in [-0.4, -0.2) is 28.5 Å². The van der Waals surface area contributed by atoms with E-state index in [-0.39, 0.29) is 0 Å². The summed E-state index contributed by atoms with van der Waals surface area (Å²) in [7, 11) is 1.63. The molecule has 0 saturated carbocycles. The van der Waals surface area contributed by atoms with E-state index < -0.39 is 6.10 Å². The minimum absolute atomic E-state index is 0.398. The largest absolute Gasteiger partial charge is 0.496 e. The number of rotatable bonds is 5. The smallest absolute Gasteiger partial charge is 0.231 e. The van der Waals surface area contributed by atoms with E-state index in [9.17, 15) is 5.11 Å². The lowest BCUT2D eigenvalue weighted by molar-refractivity contribution is 0.191. The Morgan fingerprint density at radius 2 is 2.17 bits per heavy atom. The van der Waals surface area contributed by atoms with Crippen molar-refractivity contribution in [3.05, 3.63) is 41.5 Å². The summed E-state index contributed by atoms with van der Waals surface area (Å²) in [5.74, 6) is 1.85. The third-order valence-corrected chi connectivity index (χ3v) is 2.52. The van der Waals surface area contributed by atoms with E-state index in [1.165, 1.54) is 0 Å². The molecular formula is C13H16N2O3. The van der Waals surface area contributed by atoms with E-state index in [0.717, 1.165) is 11.3 Å². The Hall–Kier alpha value is -1.88. The molecule has 2 rings (SSSR count). The van der Waals surface area contributed by atoms with Crippen LogP contribution in [0.2, 0.25) is 0 Å². The molecule has 2 aromatic rings. The topological polar surface area (TPSA) is 68.4 Å². The Bertz CT molecular complexity index is 508. The summed E-state index contributed by atoms with van der Waals surface area (Å²) < 4.78 is 10.4. The molecule has 0 spiro atoms. The predicted octanol–water partition coefficient (Wildman–Crippen LogP) is 1.59. The van der Waals surface area contributed by atoms with Crippen LogP contribution < -0.4 is 4.74 Å². The van der Waals surface area contributed by atoms with Crippen molar-refractivity contribution in [1.29, 1.82) is 0 Å². The van der Waals surface area contributed by atoms with Gasteiger partial charge in [0.2, 0.25) is 5.89 Å². The van der Waals surface area contributed by atoms with Gasteiger partial charge in [-0.15, -0.1) is 0 Å². The zero-order valence-electron chi connectivity index (χ0n) is 10.5. The molecule has 5 heteroatoms. The number of ether oxygens (including phenoxy) is 1. The zero-order chi connectivity index (χ0) is 13.0. The van der Waals surface area contributed by atoms with Crippen LogP contribution in [0.1, 0.15) is 24.2 Å². The van der Waals surface area contributed by atoms with Crippen molar-refractivity contribution in [2.75, 3.05) is 7.11 Å². The van der Waals surface area contributed by atoms with Crippen LogP contribution >= 0.6 is 0 Å². The Morgan fingerprint density at radius 1 is 1.39 bits per heavy atom. The molecule has 1 aromatic heterocycles. The number of benzene rings is 1. The number of aliphatic hydroxyl groups is 1. The van der Waals surface area contributed by atoms with Crippen molar-refractivity contribution >= 4 is 0 Å². The van der Waals surface area contributed by atoms with Crippen LogP contribution in [0.4, 0.5) is 0 Å². The molecule has 18 heavy (non-hydrogen) atoms. The molecule has 0 radical (unpaired) electrons. The Labute approximate surface area is 105 Å². The average molecular weight is 248 g/mol. The van der Waals surface area contributed by atoms with Crippen molar-refractivity contribution in [2.45, 2.75) is 25.9 Å². The van der Waals surface area contributed by atoms with Gasteiger partial charge in [0, 0.05) is 12.0 Å². The summed E-state index contributed by atoms with van der Waals surface area (Å²) in [4.78, 5) is 4.23. The summed E-state index contributed by atoms with van der Waals surface area (Å²) in [6.45, 7) is 1.69. The minimum atomic E-state index is -0.471. The fourth-order valence-corrected chi connectivity index (χ4v) is 1.72. The van der Waals surface area contributed by atoms with Gasteiger partial charge in [0.25, 0.3) is 0 Å². The number of aromatic nitrogens is 2. The first-order valence-electron chi connectivity index (χ1n) is 5.80. The van der Waals surface area contributed by atoms with Gasteiger partial charge < -0.3 is 14.4 Å². The Kier molecular flexibility index (Phi) is 3.94. The van der Waals surface area contributed by atoms with E-state index in [1.54, 1.807) is 14.0 Å². The summed E-state index contributed by atoms with van der Waals surface area (Å²) in [6.07, 6.45) is 0.452. The van der Waals surface area contributed by atoms with E-state index in [1.807, 2.05) is 24.3 Å². The standard InChI is InChI=1S/C13H16N2O3/c1-9(16)7-12-14-13(18-15-12)8-10-5-3-4-6-11(10)17-2/h3-6,9,16H,7-8H2,1-2H3. The number of hydrogen-bond donors (Lipinski definition) is 1. The summed E-state index contributed by atoms with van der Waals surface area (Å²) in [5, 5.41) is 13.1. The van der Waals surface area contributed by atoms with Gasteiger partial charge in [0.15, 0.2) is 5.82 Å². The molecule has 1 atom stereocenters. The molecular weight excluding hydrogens is 232 g/mol. The number of nitrogens with zero attached hydrogens (tertiary/aromatic N) is 2. The molecule has 5 nitrogen and oxygen atoms in total. The van der Waals surface area contributed by atoms with Gasteiger partial charge in [-0.3, -0.25) is 0 Å². The van der Waals surface area contributed by atoms with E-state index in [4.69, 9.17) is 9.26 Å². The Balaban J connectivity index is 2.11. The second-order valence-electron chi connectivity index (χ2n) is 4.15. The SMILES string of the molecule is COc1ccccc1Cc1nc(CC(C)O)no1. The molecule has 0 aliphatic rings.